The Morgan fingerprint density at radius 2 is 1.81 bits per heavy atom. The van der Waals surface area contributed by atoms with E-state index >= 15 is 0 Å². The van der Waals surface area contributed by atoms with E-state index in [0.29, 0.717) is 59.7 Å². The zero-order valence-corrected chi connectivity index (χ0v) is 34.4. The minimum Gasteiger partial charge on any atom is -0.493 e. The molecule has 12 nitrogen and oxygen atoms in total. The summed E-state index contributed by atoms with van der Waals surface area (Å²) >= 11 is 7.86. The fourth-order valence-electron chi connectivity index (χ4n) is 7.18. The quantitative estimate of drug-likeness (QED) is 0.0918. The number of methoxy groups -OCH3 is 3. The number of thiazole rings is 1. The Labute approximate surface area is 340 Å². The number of rotatable bonds is 15. The molecule has 4 aromatic rings. The first-order valence-corrected chi connectivity index (χ1v) is 20.0. The van der Waals surface area contributed by atoms with Crippen LogP contribution in [0.1, 0.15) is 85.0 Å². The summed E-state index contributed by atoms with van der Waals surface area (Å²) in [5.41, 5.74) is 3.39. The Hall–Kier alpha value is -5.05. The van der Waals surface area contributed by atoms with Gasteiger partial charge in [0.25, 0.3) is 0 Å². The standard InChI is InChI=1S/C42H47ClFN5O7S/c1-42(2,3)35-18-24-17-34(33(53-4)20-27(24)31-21-32(50)28(23-49(31)35)40(51)54-5)56-15-10-8-7-9-13-45-22-30-36(41(52)55-6)37(26-12-11-25(44)19-29(26)43)48-38(47-30)39-46-14-16-57-39/h11-12,14,16-17,19-21,23,35,37,45H,7-10,13,15,18,22H2,1-6H3,(H,47,48)/t35?,37-/m0/s1. The Morgan fingerprint density at radius 3 is 2.49 bits per heavy atom. The van der Waals surface area contributed by atoms with E-state index in [0.717, 1.165) is 42.5 Å². The minimum atomic E-state index is -0.821. The maximum Gasteiger partial charge on any atom is 0.343 e. The van der Waals surface area contributed by atoms with E-state index < -0.39 is 29.2 Å². The Balaban J connectivity index is 1.06. The van der Waals surface area contributed by atoms with Gasteiger partial charge in [-0.1, -0.05) is 51.3 Å². The third-order valence-corrected chi connectivity index (χ3v) is 11.2. The Kier molecular flexibility index (Phi) is 13.2. The van der Waals surface area contributed by atoms with Gasteiger partial charge in [0.05, 0.1) is 39.2 Å². The first-order chi connectivity index (χ1) is 27.3. The highest BCUT2D eigenvalue weighted by molar-refractivity contribution is 7.11. The summed E-state index contributed by atoms with van der Waals surface area (Å²) in [6, 6.07) is 8.60. The summed E-state index contributed by atoms with van der Waals surface area (Å²) in [4.78, 5) is 47.7. The van der Waals surface area contributed by atoms with E-state index in [1.165, 1.54) is 49.8 Å². The first kappa shape index (κ1) is 41.6. The summed E-state index contributed by atoms with van der Waals surface area (Å²) in [6.07, 6.45) is 7.55. The van der Waals surface area contributed by atoms with Crippen LogP contribution < -0.4 is 25.5 Å². The van der Waals surface area contributed by atoms with Crippen molar-refractivity contribution in [3.8, 4) is 22.8 Å². The molecule has 302 valence electrons. The van der Waals surface area contributed by atoms with E-state index in [1.807, 2.05) is 22.1 Å². The van der Waals surface area contributed by atoms with Crippen LogP contribution in [0.4, 0.5) is 4.39 Å². The monoisotopic (exact) mass is 819 g/mol. The summed E-state index contributed by atoms with van der Waals surface area (Å²) < 4.78 is 38.0. The van der Waals surface area contributed by atoms with Gasteiger partial charge < -0.3 is 34.1 Å². The number of carbonyl (C=O) groups is 2. The molecule has 0 saturated heterocycles. The summed E-state index contributed by atoms with van der Waals surface area (Å²) in [5, 5.41) is 9.35. The molecule has 2 atom stereocenters. The van der Waals surface area contributed by atoms with Crippen molar-refractivity contribution in [3.05, 3.63) is 108 Å². The average Bonchev–Trinajstić information content (AvgIpc) is 3.73. The number of unbranched alkanes of at least 4 members (excludes halogenated alkanes) is 3. The third kappa shape index (κ3) is 9.24. The molecule has 2 aromatic heterocycles. The number of aromatic nitrogens is 2. The number of nitrogens with one attached hydrogen (secondary N) is 2. The van der Waals surface area contributed by atoms with Crippen molar-refractivity contribution >= 4 is 40.7 Å². The highest BCUT2D eigenvalue weighted by Gasteiger charge is 2.35. The highest BCUT2D eigenvalue weighted by atomic mass is 35.5. The van der Waals surface area contributed by atoms with Gasteiger partial charge in [0.1, 0.15) is 17.4 Å². The van der Waals surface area contributed by atoms with Gasteiger partial charge in [-0.3, -0.25) is 9.79 Å². The van der Waals surface area contributed by atoms with Gasteiger partial charge in [0.2, 0.25) is 0 Å². The van der Waals surface area contributed by atoms with Crippen LogP contribution in [0.5, 0.6) is 11.5 Å². The lowest BCUT2D eigenvalue weighted by Crippen LogP contribution is -2.38. The van der Waals surface area contributed by atoms with Crippen molar-refractivity contribution < 1.29 is 32.9 Å². The maximum atomic E-state index is 14.0. The number of nitrogens with zero attached hydrogens (tertiary/aromatic N) is 3. The minimum absolute atomic E-state index is 0.00607. The van der Waals surface area contributed by atoms with E-state index in [-0.39, 0.29) is 27.6 Å². The Bertz CT molecular complexity index is 2250. The highest BCUT2D eigenvalue weighted by Crippen LogP contribution is 2.46. The molecule has 2 aliphatic heterocycles. The van der Waals surface area contributed by atoms with Crippen molar-refractivity contribution in [2.45, 2.75) is 65.0 Å². The predicted molar refractivity (Wildman–Crippen MR) is 218 cm³/mol. The number of fused-ring (bicyclic) bond motifs is 3. The molecule has 0 bridgehead atoms. The molecule has 4 heterocycles. The number of aliphatic imine (C=N–C) groups is 1. The molecular formula is C42H47ClFN5O7S. The van der Waals surface area contributed by atoms with Crippen molar-refractivity contribution in [1.29, 1.82) is 0 Å². The van der Waals surface area contributed by atoms with Gasteiger partial charge in [0.15, 0.2) is 27.8 Å². The maximum absolute atomic E-state index is 14.0. The van der Waals surface area contributed by atoms with Crippen molar-refractivity contribution in [1.82, 2.24) is 20.2 Å². The molecule has 1 unspecified atom stereocenters. The number of pyridine rings is 1. The third-order valence-electron chi connectivity index (χ3n) is 10.1. The molecule has 0 amide bonds. The van der Waals surface area contributed by atoms with Crippen LogP contribution >= 0.6 is 22.9 Å². The normalized spacial score (nSPS) is 16.2. The first-order valence-electron chi connectivity index (χ1n) is 18.7. The molecule has 15 heteroatoms. The van der Waals surface area contributed by atoms with Crippen molar-refractivity contribution in [3.63, 3.8) is 0 Å². The van der Waals surface area contributed by atoms with Gasteiger partial charge in [-0.25, -0.2) is 19.0 Å². The van der Waals surface area contributed by atoms with Crippen LogP contribution in [-0.2, 0) is 20.7 Å². The number of carbonyl (C=O) groups excluding carboxylic acids is 2. The number of benzene rings is 2. The van der Waals surface area contributed by atoms with Crippen LogP contribution in [0.3, 0.4) is 0 Å². The predicted octanol–water partition coefficient (Wildman–Crippen LogP) is 7.45. The summed E-state index contributed by atoms with van der Waals surface area (Å²) in [5.74, 6) is -0.0211. The zero-order valence-electron chi connectivity index (χ0n) is 32.9. The molecule has 57 heavy (non-hydrogen) atoms. The molecule has 0 radical (unpaired) electrons. The van der Waals surface area contributed by atoms with Gasteiger partial charge in [-0.2, -0.15) is 0 Å². The smallest absolute Gasteiger partial charge is 0.343 e. The second kappa shape index (κ2) is 18.0. The Morgan fingerprint density at radius 1 is 1.04 bits per heavy atom. The molecule has 0 saturated carbocycles. The van der Waals surface area contributed by atoms with Gasteiger partial charge in [0, 0.05) is 58.3 Å². The fraction of sp³-hybridized carbons (Fsp3) is 0.405. The van der Waals surface area contributed by atoms with E-state index in [9.17, 15) is 18.8 Å². The number of amidine groups is 1. The van der Waals surface area contributed by atoms with E-state index in [2.05, 4.69) is 36.4 Å². The molecule has 6 rings (SSSR count). The second-order valence-corrected chi connectivity index (χ2v) is 16.2. The van der Waals surface area contributed by atoms with E-state index in [1.54, 1.807) is 19.5 Å². The number of ether oxygens (including phenoxy) is 4. The molecule has 0 spiro atoms. The number of hydrogen-bond acceptors (Lipinski definition) is 12. The molecule has 2 aliphatic rings. The van der Waals surface area contributed by atoms with Gasteiger partial charge in [-0.15, -0.1) is 11.3 Å². The lowest BCUT2D eigenvalue weighted by molar-refractivity contribution is -0.136. The lowest BCUT2D eigenvalue weighted by atomic mass is 9.78. The average molecular weight is 820 g/mol. The lowest BCUT2D eigenvalue weighted by Gasteiger charge is -2.39. The molecule has 0 fully saturated rings. The van der Waals surface area contributed by atoms with E-state index in [4.69, 9.17) is 35.5 Å². The van der Waals surface area contributed by atoms with Crippen molar-refractivity contribution in [2.24, 2.45) is 10.4 Å². The van der Waals surface area contributed by atoms with Crippen LogP contribution in [0.15, 0.2) is 75.2 Å². The van der Waals surface area contributed by atoms with Crippen LogP contribution in [0.2, 0.25) is 5.02 Å². The number of hydrogen-bond donors (Lipinski definition) is 2. The van der Waals surface area contributed by atoms with Gasteiger partial charge >= 0.3 is 11.9 Å². The zero-order chi connectivity index (χ0) is 40.9. The number of esters is 2. The molecule has 2 N–H and O–H groups in total. The van der Waals surface area contributed by atoms with Crippen LogP contribution in [-0.4, -0.2) is 68.4 Å². The van der Waals surface area contributed by atoms with Gasteiger partial charge in [-0.05, 0) is 61.1 Å². The van der Waals surface area contributed by atoms with Crippen LogP contribution in [0, 0.1) is 11.2 Å². The summed E-state index contributed by atoms with van der Waals surface area (Å²) in [6.45, 7) is 7.92. The molecule has 2 aromatic carbocycles. The topological polar surface area (TPSA) is 142 Å². The number of halogens is 2. The fourth-order valence-corrected chi connectivity index (χ4v) is 8.04. The molecular weight excluding hydrogens is 773 g/mol. The molecule has 0 aliphatic carbocycles. The van der Waals surface area contributed by atoms with Crippen LogP contribution in [0.25, 0.3) is 11.3 Å². The summed E-state index contributed by atoms with van der Waals surface area (Å²) in [7, 11) is 4.17. The SMILES string of the molecule is COC(=O)C1=C(CNCCCCCCOc2cc3c(cc2OC)-c2cc(=O)c(C(=O)OC)cn2C(C(C)(C)C)C3)NC(c2nccs2)=N[C@H]1c1ccc(F)cc1Cl. The second-order valence-electron chi connectivity index (χ2n) is 14.9. The largest absolute Gasteiger partial charge is 0.493 e. The van der Waals surface area contributed by atoms with Crippen molar-refractivity contribution in [2.75, 3.05) is 41.0 Å².